The fraction of sp³-hybridized carbons (Fsp3) is 0.333. The summed E-state index contributed by atoms with van der Waals surface area (Å²) in [4.78, 5) is 59.0. The number of carbonyl (C=O) groups is 4. The number of imide groups is 1. The van der Waals surface area contributed by atoms with Gasteiger partial charge in [-0.1, -0.05) is 18.2 Å². The number of anilines is 1. The second kappa shape index (κ2) is 9.22. The lowest BCUT2D eigenvalue weighted by atomic mass is 9.80. The predicted octanol–water partition coefficient (Wildman–Crippen LogP) is 1.66. The molecule has 1 saturated heterocycles. The van der Waals surface area contributed by atoms with Crippen LogP contribution in [-0.4, -0.2) is 67.4 Å². The standard InChI is InChI=1S/C24H24FN3O6/c1-26(33-2)21(30)15-28-20(29)14-24(23(28)32)18-13-16(25)9-10-19(18)27(22(24)31)11-6-12-34-17-7-4-3-5-8-17/h3-5,7-10,13H,6,11-12,14-15H2,1-2H3. The lowest BCUT2D eigenvalue weighted by Crippen LogP contribution is -2.48. The van der Waals surface area contributed by atoms with Gasteiger partial charge in [-0.05, 0) is 36.8 Å². The van der Waals surface area contributed by atoms with Gasteiger partial charge in [0.15, 0.2) is 5.41 Å². The van der Waals surface area contributed by atoms with Crippen molar-refractivity contribution in [1.29, 1.82) is 0 Å². The van der Waals surface area contributed by atoms with Crippen LogP contribution >= 0.6 is 0 Å². The third-order valence-corrected chi connectivity index (χ3v) is 6.10. The first-order valence-corrected chi connectivity index (χ1v) is 10.7. The lowest BCUT2D eigenvalue weighted by Gasteiger charge is -2.23. The number of fused-ring (bicyclic) bond motifs is 2. The minimum absolute atomic E-state index is 0.134. The van der Waals surface area contributed by atoms with E-state index in [4.69, 9.17) is 9.57 Å². The molecule has 34 heavy (non-hydrogen) atoms. The fourth-order valence-corrected chi connectivity index (χ4v) is 4.31. The van der Waals surface area contributed by atoms with Crippen LogP contribution in [0, 0.1) is 5.82 Å². The molecule has 2 heterocycles. The molecule has 1 fully saturated rings. The molecule has 0 saturated carbocycles. The van der Waals surface area contributed by atoms with Crippen LogP contribution in [-0.2, 0) is 29.4 Å². The van der Waals surface area contributed by atoms with Crippen molar-refractivity contribution in [2.24, 2.45) is 0 Å². The van der Waals surface area contributed by atoms with E-state index in [-0.39, 0.29) is 12.1 Å². The summed E-state index contributed by atoms with van der Waals surface area (Å²) < 4.78 is 19.9. The molecule has 1 spiro atoms. The van der Waals surface area contributed by atoms with Crippen molar-refractivity contribution in [3.05, 3.63) is 59.9 Å². The lowest BCUT2D eigenvalue weighted by molar-refractivity contribution is -0.172. The predicted molar refractivity (Wildman–Crippen MR) is 118 cm³/mol. The molecule has 2 aromatic carbocycles. The number of hydrogen-bond acceptors (Lipinski definition) is 6. The van der Waals surface area contributed by atoms with Gasteiger partial charge in [0.05, 0.1) is 20.1 Å². The number of rotatable bonds is 8. The van der Waals surface area contributed by atoms with Gasteiger partial charge in [-0.25, -0.2) is 9.45 Å². The average Bonchev–Trinajstić information content (AvgIpc) is 3.22. The molecule has 10 heteroatoms. The highest BCUT2D eigenvalue weighted by atomic mass is 19.1. The van der Waals surface area contributed by atoms with Crippen LogP contribution in [0.1, 0.15) is 18.4 Å². The Kier molecular flexibility index (Phi) is 6.34. The van der Waals surface area contributed by atoms with Crippen LogP contribution < -0.4 is 9.64 Å². The number of carbonyl (C=O) groups excluding carboxylic acids is 4. The van der Waals surface area contributed by atoms with Gasteiger partial charge >= 0.3 is 0 Å². The number of nitrogens with zero attached hydrogens (tertiary/aromatic N) is 3. The van der Waals surface area contributed by atoms with Gasteiger partial charge in [-0.3, -0.25) is 28.9 Å². The van der Waals surface area contributed by atoms with Gasteiger partial charge in [-0.2, -0.15) is 0 Å². The van der Waals surface area contributed by atoms with E-state index in [1.54, 1.807) is 0 Å². The molecule has 1 unspecified atom stereocenters. The molecule has 0 aromatic heterocycles. The van der Waals surface area contributed by atoms with E-state index in [1.165, 1.54) is 31.2 Å². The Morgan fingerprint density at radius 2 is 1.79 bits per heavy atom. The van der Waals surface area contributed by atoms with E-state index < -0.39 is 47.8 Å². The Morgan fingerprint density at radius 1 is 1.09 bits per heavy atom. The van der Waals surface area contributed by atoms with Crippen molar-refractivity contribution < 1.29 is 33.1 Å². The number of hydrogen-bond donors (Lipinski definition) is 0. The van der Waals surface area contributed by atoms with Crippen LogP contribution in [0.2, 0.25) is 0 Å². The Bertz CT molecular complexity index is 1140. The molecule has 4 amide bonds. The summed E-state index contributed by atoms with van der Waals surface area (Å²) in [6, 6.07) is 12.9. The van der Waals surface area contributed by atoms with Crippen LogP contribution in [0.5, 0.6) is 5.75 Å². The SMILES string of the molecule is CON(C)C(=O)CN1C(=O)CC2(C1=O)C(=O)N(CCCOc1ccccc1)c1ccc(F)cc12. The molecule has 9 nitrogen and oxygen atoms in total. The molecular weight excluding hydrogens is 445 g/mol. The molecule has 0 radical (unpaired) electrons. The minimum atomic E-state index is -1.89. The molecular formula is C24H24FN3O6. The summed E-state index contributed by atoms with van der Waals surface area (Å²) in [6.45, 7) is -0.0559. The molecule has 2 aromatic rings. The Hall–Kier alpha value is -3.79. The molecule has 0 bridgehead atoms. The van der Waals surface area contributed by atoms with Gasteiger partial charge in [-0.15, -0.1) is 0 Å². The molecule has 178 valence electrons. The summed E-state index contributed by atoms with van der Waals surface area (Å²) >= 11 is 0. The minimum Gasteiger partial charge on any atom is -0.494 e. The van der Waals surface area contributed by atoms with Crippen molar-refractivity contribution in [1.82, 2.24) is 9.96 Å². The summed E-state index contributed by atoms with van der Waals surface area (Å²) in [5.74, 6) is -2.71. The molecule has 2 aliphatic rings. The normalized spacial score (nSPS) is 19.2. The van der Waals surface area contributed by atoms with Gasteiger partial charge in [0.2, 0.25) is 11.8 Å². The molecule has 0 aliphatic carbocycles. The van der Waals surface area contributed by atoms with E-state index in [2.05, 4.69) is 0 Å². The van der Waals surface area contributed by atoms with Gasteiger partial charge in [0, 0.05) is 24.8 Å². The smallest absolute Gasteiger partial charge is 0.265 e. The van der Waals surface area contributed by atoms with Crippen molar-refractivity contribution in [2.75, 3.05) is 38.8 Å². The van der Waals surface area contributed by atoms with E-state index >= 15 is 0 Å². The Labute approximate surface area is 195 Å². The molecule has 4 rings (SSSR count). The van der Waals surface area contributed by atoms with E-state index in [1.807, 2.05) is 30.3 Å². The fourth-order valence-electron chi connectivity index (χ4n) is 4.31. The monoisotopic (exact) mass is 469 g/mol. The number of hydroxylamine groups is 2. The topological polar surface area (TPSA) is 96.5 Å². The summed E-state index contributed by atoms with van der Waals surface area (Å²) in [5.41, 5.74) is -1.38. The van der Waals surface area contributed by atoms with E-state index in [0.717, 1.165) is 16.0 Å². The van der Waals surface area contributed by atoms with Crippen molar-refractivity contribution >= 4 is 29.3 Å². The summed E-state index contributed by atoms with van der Waals surface area (Å²) in [7, 11) is 2.61. The highest BCUT2D eigenvalue weighted by Crippen LogP contribution is 2.48. The second-order valence-corrected chi connectivity index (χ2v) is 8.07. The highest BCUT2D eigenvalue weighted by molar-refractivity contribution is 6.29. The number of benzene rings is 2. The number of ether oxygens (including phenoxy) is 1. The zero-order valence-corrected chi connectivity index (χ0v) is 18.8. The maximum absolute atomic E-state index is 14.2. The van der Waals surface area contributed by atoms with Crippen LogP contribution in [0.3, 0.4) is 0 Å². The average molecular weight is 469 g/mol. The van der Waals surface area contributed by atoms with Crippen molar-refractivity contribution in [2.45, 2.75) is 18.3 Å². The third kappa shape index (κ3) is 3.90. The number of likely N-dealkylation sites (tertiary alicyclic amines) is 1. The number of halogens is 1. The highest BCUT2D eigenvalue weighted by Gasteiger charge is 2.64. The number of amides is 4. The molecule has 0 N–H and O–H groups in total. The number of likely N-dealkylation sites (N-methyl/N-ethyl adjacent to an activating group) is 1. The zero-order valence-electron chi connectivity index (χ0n) is 18.8. The van der Waals surface area contributed by atoms with Crippen LogP contribution in [0.15, 0.2) is 48.5 Å². The van der Waals surface area contributed by atoms with E-state index in [9.17, 15) is 23.6 Å². The molecule has 2 aliphatic heterocycles. The Morgan fingerprint density at radius 3 is 2.50 bits per heavy atom. The first-order chi connectivity index (χ1) is 16.3. The second-order valence-electron chi connectivity index (χ2n) is 8.07. The quantitative estimate of drug-likeness (QED) is 0.253. The van der Waals surface area contributed by atoms with Gasteiger partial charge in [0.25, 0.3) is 11.8 Å². The molecule has 1 atom stereocenters. The van der Waals surface area contributed by atoms with Crippen LogP contribution in [0.4, 0.5) is 10.1 Å². The van der Waals surface area contributed by atoms with Crippen molar-refractivity contribution in [3.8, 4) is 5.75 Å². The maximum atomic E-state index is 14.2. The van der Waals surface area contributed by atoms with Gasteiger partial charge in [0.1, 0.15) is 18.1 Å². The third-order valence-electron chi connectivity index (χ3n) is 6.10. The number of para-hydroxylation sites is 1. The van der Waals surface area contributed by atoms with Crippen LogP contribution in [0.25, 0.3) is 0 Å². The maximum Gasteiger partial charge on any atom is 0.265 e. The van der Waals surface area contributed by atoms with Gasteiger partial charge < -0.3 is 9.64 Å². The Balaban J connectivity index is 1.57. The first kappa shape index (κ1) is 23.4. The largest absolute Gasteiger partial charge is 0.494 e. The zero-order chi connectivity index (χ0) is 24.5. The summed E-state index contributed by atoms with van der Waals surface area (Å²) in [6.07, 6.45) is -0.0292. The first-order valence-electron chi connectivity index (χ1n) is 10.7. The van der Waals surface area contributed by atoms with E-state index in [0.29, 0.717) is 24.5 Å². The van der Waals surface area contributed by atoms with Crippen molar-refractivity contribution in [3.63, 3.8) is 0 Å². The summed E-state index contributed by atoms with van der Waals surface area (Å²) in [5, 5.41) is 0.884.